The van der Waals surface area contributed by atoms with E-state index in [0.717, 1.165) is 11.0 Å². The summed E-state index contributed by atoms with van der Waals surface area (Å²) in [6, 6.07) is 12.1. The maximum atomic E-state index is 14.1. The second kappa shape index (κ2) is 4.05. The number of benzene rings is 2. The van der Waals surface area contributed by atoms with Crippen molar-refractivity contribution in [3.63, 3.8) is 0 Å². The molecule has 21 heavy (non-hydrogen) atoms. The van der Waals surface area contributed by atoms with E-state index in [1.165, 1.54) is 6.07 Å². The third kappa shape index (κ3) is 1.56. The summed E-state index contributed by atoms with van der Waals surface area (Å²) in [4.78, 5) is 0. The number of hydrogen-bond acceptors (Lipinski definition) is 3. The number of hydrogen-bond donors (Lipinski definition) is 1. The van der Waals surface area contributed by atoms with E-state index >= 15 is 0 Å². The predicted octanol–water partition coefficient (Wildman–Crippen LogP) is 2.61. The molecule has 2 aromatic carbocycles. The summed E-state index contributed by atoms with van der Waals surface area (Å²) in [5, 5.41) is 8.31. The van der Waals surface area contributed by atoms with Crippen molar-refractivity contribution in [1.82, 2.24) is 19.2 Å². The third-order valence-electron chi connectivity index (χ3n) is 3.66. The minimum Gasteiger partial charge on any atom is -0.399 e. The minimum atomic E-state index is -0.326. The van der Waals surface area contributed by atoms with Crippen LogP contribution in [0.3, 0.4) is 0 Å². The van der Waals surface area contributed by atoms with Crippen LogP contribution < -0.4 is 5.73 Å². The molecule has 5 nitrogen and oxygen atoms in total. The largest absolute Gasteiger partial charge is 0.399 e. The average Bonchev–Trinajstić information content (AvgIpc) is 3.01. The summed E-state index contributed by atoms with van der Waals surface area (Å²) in [6.45, 7) is 0. The molecule has 0 fully saturated rings. The lowest BCUT2D eigenvalue weighted by Gasteiger charge is -2.01. The molecule has 2 aromatic heterocycles. The van der Waals surface area contributed by atoms with Gasteiger partial charge in [0.15, 0.2) is 5.82 Å². The topological polar surface area (TPSA) is 61.1 Å². The molecule has 0 saturated carbocycles. The molecule has 0 aliphatic carbocycles. The van der Waals surface area contributed by atoms with Crippen LogP contribution in [0.1, 0.15) is 0 Å². The standard InChI is InChI=1S/C15H12FN5/c1-20-12-7-6-9(17)8-13(12)21-14(18-19-15(20)21)10-4-2-3-5-11(10)16/h2-8H,17H2,1H3. The van der Waals surface area contributed by atoms with Crippen molar-refractivity contribution >= 4 is 22.5 Å². The third-order valence-corrected chi connectivity index (χ3v) is 3.66. The van der Waals surface area contributed by atoms with Gasteiger partial charge in [-0.25, -0.2) is 4.39 Å². The number of nitrogen functional groups attached to an aromatic ring is 1. The number of fused-ring (bicyclic) bond motifs is 3. The van der Waals surface area contributed by atoms with Crippen molar-refractivity contribution in [1.29, 1.82) is 0 Å². The van der Waals surface area contributed by atoms with Gasteiger partial charge in [-0.3, -0.25) is 4.40 Å². The Balaban J connectivity index is 2.17. The Morgan fingerprint density at radius 2 is 1.86 bits per heavy atom. The van der Waals surface area contributed by atoms with Gasteiger partial charge in [0.05, 0.1) is 16.6 Å². The van der Waals surface area contributed by atoms with E-state index in [1.54, 1.807) is 18.2 Å². The van der Waals surface area contributed by atoms with Gasteiger partial charge in [-0.05, 0) is 30.3 Å². The molecule has 0 aliphatic rings. The van der Waals surface area contributed by atoms with Crippen LogP contribution >= 0.6 is 0 Å². The number of anilines is 1. The van der Waals surface area contributed by atoms with E-state index in [1.807, 2.05) is 34.2 Å². The van der Waals surface area contributed by atoms with Crippen LogP contribution in [0, 0.1) is 5.82 Å². The van der Waals surface area contributed by atoms with Crippen LogP contribution in [-0.4, -0.2) is 19.2 Å². The van der Waals surface area contributed by atoms with Crippen LogP contribution in [0.25, 0.3) is 28.2 Å². The summed E-state index contributed by atoms with van der Waals surface area (Å²) >= 11 is 0. The number of halogens is 1. The van der Waals surface area contributed by atoms with Crippen LogP contribution in [0.5, 0.6) is 0 Å². The first-order chi connectivity index (χ1) is 10.2. The number of nitrogens with two attached hydrogens (primary N) is 1. The zero-order chi connectivity index (χ0) is 14.6. The first kappa shape index (κ1) is 11.9. The number of imidazole rings is 1. The van der Waals surface area contributed by atoms with Gasteiger partial charge in [0.25, 0.3) is 0 Å². The summed E-state index contributed by atoms with van der Waals surface area (Å²) in [6.07, 6.45) is 0. The van der Waals surface area contributed by atoms with Gasteiger partial charge in [0.1, 0.15) is 5.82 Å². The molecule has 6 heteroatoms. The van der Waals surface area contributed by atoms with E-state index < -0.39 is 0 Å². The van der Waals surface area contributed by atoms with Crippen LogP contribution in [-0.2, 0) is 7.05 Å². The lowest BCUT2D eigenvalue weighted by molar-refractivity contribution is 0.630. The summed E-state index contributed by atoms with van der Waals surface area (Å²) in [7, 11) is 1.90. The van der Waals surface area contributed by atoms with Crippen LogP contribution in [0.15, 0.2) is 42.5 Å². The highest BCUT2D eigenvalue weighted by atomic mass is 19.1. The van der Waals surface area contributed by atoms with Gasteiger partial charge >= 0.3 is 0 Å². The molecule has 2 N–H and O–H groups in total. The highest BCUT2D eigenvalue weighted by Gasteiger charge is 2.18. The molecule has 0 bridgehead atoms. The van der Waals surface area contributed by atoms with E-state index in [9.17, 15) is 4.39 Å². The fourth-order valence-corrected chi connectivity index (χ4v) is 2.64. The monoisotopic (exact) mass is 281 g/mol. The Hall–Kier alpha value is -2.89. The fraction of sp³-hybridized carbons (Fsp3) is 0.0667. The van der Waals surface area contributed by atoms with Crippen molar-refractivity contribution in [2.75, 3.05) is 5.73 Å². The van der Waals surface area contributed by atoms with E-state index in [0.29, 0.717) is 22.9 Å². The molecule has 2 heterocycles. The summed E-state index contributed by atoms with van der Waals surface area (Å²) in [5.41, 5.74) is 8.75. The first-order valence-electron chi connectivity index (χ1n) is 6.51. The van der Waals surface area contributed by atoms with Crippen molar-refractivity contribution in [2.45, 2.75) is 0 Å². The molecule has 0 unspecified atom stereocenters. The molecule has 0 saturated heterocycles. The smallest absolute Gasteiger partial charge is 0.236 e. The molecular formula is C15H12FN5. The van der Waals surface area contributed by atoms with Gasteiger partial charge in [0.2, 0.25) is 5.78 Å². The maximum absolute atomic E-state index is 14.1. The normalized spacial score (nSPS) is 11.5. The Morgan fingerprint density at radius 1 is 1.05 bits per heavy atom. The number of aromatic nitrogens is 4. The van der Waals surface area contributed by atoms with Gasteiger partial charge in [-0.15, -0.1) is 10.2 Å². The van der Waals surface area contributed by atoms with Crippen molar-refractivity contribution in [3.8, 4) is 11.4 Å². The zero-order valence-corrected chi connectivity index (χ0v) is 11.3. The predicted molar refractivity (Wildman–Crippen MR) is 79.3 cm³/mol. The van der Waals surface area contributed by atoms with Gasteiger partial charge < -0.3 is 10.3 Å². The number of nitrogens with zero attached hydrogens (tertiary/aromatic N) is 4. The minimum absolute atomic E-state index is 0.326. The molecule has 4 rings (SSSR count). The van der Waals surface area contributed by atoms with Crippen molar-refractivity contribution < 1.29 is 4.39 Å². The molecule has 0 radical (unpaired) electrons. The fourth-order valence-electron chi connectivity index (χ4n) is 2.64. The van der Waals surface area contributed by atoms with Crippen molar-refractivity contribution in [3.05, 3.63) is 48.3 Å². The SMILES string of the molecule is Cn1c2ccc(N)cc2n2c(-c3ccccc3F)nnc12. The highest BCUT2D eigenvalue weighted by Crippen LogP contribution is 2.28. The number of rotatable bonds is 1. The highest BCUT2D eigenvalue weighted by molar-refractivity contribution is 5.85. The second-order valence-electron chi connectivity index (χ2n) is 4.95. The lowest BCUT2D eigenvalue weighted by atomic mass is 10.2. The quantitative estimate of drug-likeness (QED) is 0.545. The van der Waals surface area contributed by atoms with Gasteiger partial charge in [-0.1, -0.05) is 12.1 Å². The Morgan fingerprint density at radius 3 is 2.67 bits per heavy atom. The van der Waals surface area contributed by atoms with Gasteiger partial charge in [-0.2, -0.15) is 0 Å². The molecule has 0 aliphatic heterocycles. The first-order valence-corrected chi connectivity index (χ1v) is 6.51. The lowest BCUT2D eigenvalue weighted by Crippen LogP contribution is -1.92. The molecule has 0 atom stereocenters. The Bertz CT molecular complexity index is 982. The molecule has 0 spiro atoms. The van der Waals surface area contributed by atoms with E-state index in [4.69, 9.17) is 5.73 Å². The molecular weight excluding hydrogens is 269 g/mol. The molecule has 104 valence electrons. The Kier molecular flexibility index (Phi) is 2.29. The van der Waals surface area contributed by atoms with Crippen LogP contribution in [0.2, 0.25) is 0 Å². The van der Waals surface area contributed by atoms with Gasteiger partial charge in [0, 0.05) is 12.7 Å². The van der Waals surface area contributed by atoms with Crippen molar-refractivity contribution in [2.24, 2.45) is 7.05 Å². The zero-order valence-electron chi connectivity index (χ0n) is 11.3. The second-order valence-corrected chi connectivity index (χ2v) is 4.95. The summed E-state index contributed by atoms with van der Waals surface area (Å²) < 4.78 is 17.8. The van der Waals surface area contributed by atoms with E-state index in [-0.39, 0.29) is 5.82 Å². The Labute approximate surface area is 119 Å². The summed E-state index contributed by atoms with van der Waals surface area (Å²) in [5.74, 6) is 0.792. The molecule has 4 aromatic rings. The average molecular weight is 281 g/mol. The number of aryl methyl sites for hydroxylation is 1. The van der Waals surface area contributed by atoms with Crippen LogP contribution in [0.4, 0.5) is 10.1 Å². The molecule has 0 amide bonds. The maximum Gasteiger partial charge on any atom is 0.236 e. The van der Waals surface area contributed by atoms with E-state index in [2.05, 4.69) is 10.2 Å².